The SMILES string of the molecule is CC(C)N1Cc2ccccc2C(c2ccc3sccc3c2)C1. The zero-order valence-corrected chi connectivity index (χ0v) is 13.9. The van der Waals surface area contributed by atoms with Crippen LogP contribution in [-0.4, -0.2) is 17.5 Å². The molecule has 4 rings (SSSR count). The molecule has 2 heterocycles. The van der Waals surface area contributed by atoms with Crippen LogP contribution >= 0.6 is 11.3 Å². The van der Waals surface area contributed by atoms with Crippen LogP contribution < -0.4 is 0 Å². The molecule has 1 atom stereocenters. The van der Waals surface area contributed by atoms with Gasteiger partial charge in [0.1, 0.15) is 0 Å². The first kappa shape index (κ1) is 14.0. The monoisotopic (exact) mass is 307 g/mol. The van der Waals surface area contributed by atoms with Crippen LogP contribution in [0.15, 0.2) is 53.9 Å². The van der Waals surface area contributed by atoms with E-state index in [2.05, 4.69) is 72.7 Å². The molecule has 0 bridgehead atoms. The fourth-order valence-corrected chi connectivity index (χ4v) is 4.29. The molecule has 1 aromatic heterocycles. The van der Waals surface area contributed by atoms with Crippen LogP contribution in [0.1, 0.15) is 36.5 Å². The third kappa shape index (κ3) is 2.37. The molecular weight excluding hydrogens is 286 g/mol. The van der Waals surface area contributed by atoms with E-state index in [-0.39, 0.29) is 0 Å². The Bertz CT molecular complexity index is 802. The van der Waals surface area contributed by atoms with Crippen molar-refractivity contribution in [3.8, 4) is 0 Å². The minimum Gasteiger partial charge on any atom is -0.296 e. The Hall–Kier alpha value is -1.64. The van der Waals surface area contributed by atoms with Gasteiger partial charge in [-0.25, -0.2) is 0 Å². The van der Waals surface area contributed by atoms with E-state index in [1.165, 1.54) is 26.8 Å². The van der Waals surface area contributed by atoms with E-state index in [4.69, 9.17) is 0 Å². The Morgan fingerprint density at radius 2 is 1.95 bits per heavy atom. The molecule has 0 spiro atoms. The average Bonchev–Trinajstić information content (AvgIpc) is 3.01. The number of benzene rings is 2. The summed E-state index contributed by atoms with van der Waals surface area (Å²) in [7, 11) is 0. The third-order valence-electron chi connectivity index (χ3n) is 4.83. The lowest BCUT2D eigenvalue weighted by Crippen LogP contribution is -2.38. The highest BCUT2D eigenvalue weighted by atomic mass is 32.1. The normalized spacial score (nSPS) is 18.8. The van der Waals surface area contributed by atoms with Gasteiger partial charge in [0, 0.05) is 29.7 Å². The number of fused-ring (bicyclic) bond motifs is 2. The molecule has 1 unspecified atom stereocenters. The Morgan fingerprint density at radius 3 is 2.82 bits per heavy atom. The second-order valence-corrected chi connectivity index (χ2v) is 7.44. The van der Waals surface area contributed by atoms with Crippen LogP contribution in [0.5, 0.6) is 0 Å². The highest BCUT2D eigenvalue weighted by Gasteiger charge is 2.27. The van der Waals surface area contributed by atoms with E-state index in [1.54, 1.807) is 0 Å². The van der Waals surface area contributed by atoms with Gasteiger partial charge in [0.05, 0.1) is 0 Å². The summed E-state index contributed by atoms with van der Waals surface area (Å²) in [4.78, 5) is 2.59. The van der Waals surface area contributed by atoms with Crippen molar-refractivity contribution in [1.82, 2.24) is 4.90 Å². The molecule has 0 N–H and O–H groups in total. The summed E-state index contributed by atoms with van der Waals surface area (Å²) in [6, 6.07) is 18.8. The first-order valence-electron chi connectivity index (χ1n) is 8.01. The molecule has 0 saturated carbocycles. The van der Waals surface area contributed by atoms with Crippen LogP contribution in [0.3, 0.4) is 0 Å². The third-order valence-corrected chi connectivity index (χ3v) is 5.73. The van der Waals surface area contributed by atoms with Crippen LogP contribution in [-0.2, 0) is 6.54 Å². The number of nitrogens with zero attached hydrogens (tertiary/aromatic N) is 1. The maximum Gasteiger partial charge on any atom is 0.0342 e. The van der Waals surface area contributed by atoms with E-state index >= 15 is 0 Å². The van der Waals surface area contributed by atoms with Gasteiger partial charge in [0.15, 0.2) is 0 Å². The van der Waals surface area contributed by atoms with E-state index in [1.807, 2.05) is 11.3 Å². The lowest BCUT2D eigenvalue weighted by molar-refractivity contribution is 0.192. The highest BCUT2D eigenvalue weighted by molar-refractivity contribution is 7.17. The number of rotatable bonds is 2. The van der Waals surface area contributed by atoms with Crippen molar-refractivity contribution in [3.63, 3.8) is 0 Å². The summed E-state index contributed by atoms with van der Waals surface area (Å²) in [6.07, 6.45) is 0. The lowest BCUT2D eigenvalue weighted by Gasteiger charge is -2.37. The largest absolute Gasteiger partial charge is 0.296 e. The second kappa shape index (κ2) is 5.53. The molecule has 1 nitrogen and oxygen atoms in total. The van der Waals surface area contributed by atoms with Crippen molar-refractivity contribution < 1.29 is 0 Å². The quantitative estimate of drug-likeness (QED) is 0.624. The van der Waals surface area contributed by atoms with Crippen LogP contribution in [0.4, 0.5) is 0 Å². The topological polar surface area (TPSA) is 3.24 Å². The van der Waals surface area contributed by atoms with Crippen molar-refractivity contribution in [3.05, 3.63) is 70.6 Å². The summed E-state index contributed by atoms with van der Waals surface area (Å²) in [6.45, 7) is 6.79. The van der Waals surface area contributed by atoms with Crippen molar-refractivity contribution in [2.75, 3.05) is 6.54 Å². The zero-order valence-electron chi connectivity index (χ0n) is 13.1. The molecule has 0 fully saturated rings. The van der Waals surface area contributed by atoms with Gasteiger partial charge in [0.2, 0.25) is 0 Å². The van der Waals surface area contributed by atoms with Gasteiger partial charge in [-0.2, -0.15) is 0 Å². The molecule has 0 saturated heterocycles. The summed E-state index contributed by atoms with van der Waals surface area (Å²) >= 11 is 1.82. The van der Waals surface area contributed by atoms with Crippen LogP contribution in [0.2, 0.25) is 0 Å². The summed E-state index contributed by atoms with van der Waals surface area (Å²) in [5.74, 6) is 0.483. The minimum absolute atomic E-state index is 0.483. The van der Waals surface area contributed by atoms with Gasteiger partial charge in [-0.15, -0.1) is 11.3 Å². The number of hydrogen-bond acceptors (Lipinski definition) is 2. The Balaban J connectivity index is 1.81. The molecule has 0 amide bonds. The van der Waals surface area contributed by atoms with Gasteiger partial charge in [-0.1, -0.05) is 30.3 Å². The van der Waals surface area contributed by atoms with Gasteiger partial charge in [-0.3, -0.25) is 4.90 Å². The number of thiophene rings is 1. The van der Waals surface area contributed by atoms with Gasteiger partial charge in [-0.05, 0) is 59.5 Å². The molecule has 1 aliphatic heterocycles. The standard InChI is InChI=1S/C20H21NS/c1-14(2)21-12-17-5-3-4-6-18(17)19(13-21)15-7-8-20-16(11-15)9-10-22-20/h3-11,14,19H,12-13H2,1-2H3. The van der Waals surface area contributed by atoms with Gasteiger partial charge in [0.25, 0.3) is 0 Å². The predicted molar refractivity (Wildman–Crippen MR) is 95.7 cm³/mol. The maximum atomic E-state index is 2.59. The van der Waals surface area contributed by atoms with Crippen molar-refractivity contribution in [2.24, 2.45) is 0 Å². The molecule has 22 heavy (non-hydrogen) atoms. The molecule has 2 heteroatoms. The highest BCUT2D eigenvalue weighted by Crippen LogP contribution is 2.36. The molecule has 0 radical (unpaired) electrons. The average molecular weight is 307 g/mol. The number of hydrogen-bond donors (Lipinski definition) is 0. The molecule has 112 valence electrons. The first-order chi connectivity index (χ1) is 10.7. The van der Waals surface area contributed by atoms with Gasteiger partial charge >= 0.3 is 0 Å². The smallest absolute Gasteiger partial charge is 0.0342 e. The molecule has 1 aliphatic rings. The summed E-state index contributed by atoms with van der Waals surface area (Å²) < 4.78 is 1.38. The lowest BCUT2D eigenvalue weighted by atomic mass is 9.84. The minimum atomic E-state index is 0.483. The van der Waals surface area contributed by atoms with Crippen molar-refractivity contribution in [1.29, 1.82) is 0 Å². The Morgan fingerprint density at radius 1 is 1.09 bits per heavy atom. The van der Waals surface area contributed by atoms with E-state index in [0.29, 0.717) is 12.0 Å². The van der Waals surface area contributed by atoms with Crippen molar-refractivity contribution >= 4 is 21.4 Å². The Labute approximate surface area is 136 Å². The maximum absolute atomic E-state index is 2.59. The van der Waals surface area contributed by atoms with E-state index in [0.717, 1.165) is 13.1 Å². The second-order valence-electron chi connectivity index (χ2n) is 6.49. The first-order valence-corrected chi connectivity index (χ1v) is 8.89. The molecule has 2 aromatic carbocycles. The summed E-state index contributed by atoms with van der Waals surface area (Å²) in [5.41, 5.74) is 4.44. The molecule has 0 aliphatic carbocycles. The zero-order chi connectivity index (χ0) is 15.1. The van der Waals surface area contributed by atoms with E-state index < -0.39 is 0 Å². The van der Waals surface area contributed by atoms with Crippen LogP contribution in [0, 0.1) is 0 Å². The molecule has 3 aromatic rings. The van der Waals surface area contributed by atoms with Crippen molar-refractivity contribution in [2.45, 2.75) is 32.4 Å². The predicted octanol–water partition coefficient (Wildman–Crippen LogP) is 5.26. The summed E-state index contributed by atoms with van der Waals surface area (Å²) in [5, 5.41) is 3.56. The fraction of sp³-hybridized carbons (Fsp3) is 0.300. The van der Waals surface area contributed by atoms with Gasteiger partial charge < -0.3 is 0 Å². The van der Waals surface area contributed by atoms with Crippen LogP contribution in [0.25, 0.3) is 10.1 Å². The Kier molecular flexibility index (Phi) is 3.51. The van der Waals surface area contributed by atoms with E-state index in [9.17, 15) is 0 Å². The fourth-order valence-electron chi connectivity index (χ4n) is 3.51. The molecular formula is C20H21NS.